The van der Waals surface area contributed by atoms with Crippen molar-refractivity contribution in [1.82, 2.24) is 21.3 Å². The summed E-state index contributed by atoms with van der Waals surface area (Å²) >= 11 is 0. The van der Waals surface area contributed by atoms with Gasteiger partial charge in [-0.1, -0.05) is 27.7 Å². The predicted octanol–water partition coefficient (Wildman–Crippen LogP) is -3.11. The number of nitrogens with two attached hydrogens (primary N) is 5. The van der Waals surface area contributed by atoms with Crippen LogP contribution in [0.2, 0.25) is 0 Å². The number of aldehydes is 1. The van der Waals surface area contributed by atoms with E-state index < -0.39 is 54.3 Å². The Balaban J connectivity index is 5.31. The Labute approximate surface area is 241 Å². The van der Waals surface area contributed by atoms with Gasteiger partial charge in [-0.05, 0) is 43.9 Å². The van der Waals surface area contributed by atoms with Crippen LogP contribution in [0.1, 0.15) is 59.8 Å². The molecule has 0 aliphatic heterocycles. The predicted molar refractivity (Wildman–Crippen MR) is 157 cm³/mol. The van der Waals surface area contributed by atoms with Crippen LogP contribution < -0.4 is 49.9 Å². The van der Waals surface area contributed by atoms with E-state index in [1.54, 1.807) is 13.8 Å². The Morgan fingerprint density at radius 2 is 1.34 bits per heavy atom. The number of hydrogen-bond donors (Lipinski definition) is 9. The van der Waals surface area contributed by atoms with Gasteiger partial charge in [0.25, 0.3) is 0 Å². The molecule has 0 bridgehead atoms. The van der Waals surface area contributed by atoms with Gasteiger partial charge in [0, 0.05) is 13.1 Å². The number of rotatable bonds is 20. The third-order valence-corrected chi connectivity index (χ3v) is 5.79. The molecule has 0 heterocycles. The summed E-state index contributed by atoms with van der Waals surface area (Å²) in [7, 11) is 0. The van der Waals surface area contributed by atoms with E-state index in [0.29, 0.717) is 38.5 Å². The molecule has 234 valence electrons. The first-order chi connectivity index (χ1) is 19.2. The number of amides is 4. The van der Waals surface area contributed by atoms with Gasteiger partial charge in [-0.2, -0.15) is 0 Å². The van der Waals surface area contributed by atoms with Crippen LogP contribution in [0.3, 0.4) is 0 Å². The maximum Gasteiger partial charge on any atom is 0.243 e. The highest BCUT2D eigenvalue weighted by Crippen LogP contribution is 2.08. The van der Waals surface area contributed by atoms with Crippen molar-refractivity contribution in [3.63, 3.8) is 0 Å². The lowest BCUT2D eigenvalue weighted by molar-refractivity contribution is -0.134. The van der Waals surface area contributed by atoms with E-state index in [9.17, 15) is 24.0 Å². The molecule has 0 aromatic carbocycles. The fourth-order valence-electron chi connectivity index (χ4n) is 3.69. The molecule has 0 spiro atoms. The number of carbonyl (C=O) groups is 5. The molecule has 0 aromatic rings. The molecule has 0 aliphatic carbocycles. The number of nitrogens with one attached hydrogen (secondary N) is 4. The first-order valence-corrected chi connectivity index (χ1v) is 13.7. The zero-order valence-electron chi connectivity index (χ0n) is 24.5. The SMILES string of the molecule is CC(C)C[C@H](N)C(=O)N[C@H](C(=O)N[C@@H](CCCN=C(N)N)C(=O)NCC(=O)N[C@H](C=O)CCCN=C(N)N)C(C)C. The second-order valence-corrected chi connectivity index (χ2v) is 10.5. The van der Waals surface area contributed by atoms with Crippen molar-refractivity contribution in [3.8, 4) is 0 Å². The summed E-state index contributed by atoms with van der Waals surface area (Å²) < 4.78 is 0. The Bertz CT molecular complexity index is 916. The highest BCUT2D eigenvalue weighted by Gasteiger charge is 2.30. The average Bonchev–Trinajstić information content (AvgIpc) is 2.87. The van der Waals surface area contributed by atoms with Crippen molar-refractivity contribution in [2.75, 3.05) is 19.6 Å². The van der Waals surface area contributed by atoms with Crippen molar-refractivity contribution in [3.05, 3.63) is 0 Å². The van der Waals surface area contributed by atoms with Crippen molar-refractivity contribution in [2.24, 2.45) is 50.5 Å². The molecule has 0 rings (SSSR count). The van der Waals surface area contributed by atoms with Crippen LogP contribution in [-0.4, -0.2) is 85.6 Å². The Morgan fingerprint density at radius 3 is 1.83 bits per heavy atom. The van der Waals surface area contributed by atoms with Gasteiger partial charge in [0.15, 0.2) is 11.9 Å². The van der Waals surface area contributed by atoms with E-state index in [1.807, 2.05) is 13.8 Å². The molecule has 0 radical (unpaired) electrons. The topological polar surface area (TPSA) is 288 Å². The molecule has 0 unspecified atom stereocenters. The molecule has 16 heteroatoms. The fraction of sp³-hybridized carbons (Fsp3) is 0.720. The fourth-order valence-corrected chi connectivity index (χ4v) is 3.69. The van der Waals surface area contributed by atoms with Crippen molar-refractivity contribution < 1.29 is 24.0 Å². The zero-order chi connectivity index (χ0) is 31.5. The molecule has 0 saturated heterocycles. The van der Waals surface area contributed by atoms with Crippen LogP contribution >= 0.6 is 0 Å². The molecule has 0 aliphatic rings. The van der Waals surface area contributed by atoms with E-state index in [0.717, 1.165) is 0 Å². The lowest BCUT2D eigenvalue weighted by Gasteiger charge is -2.26. The maximum absolute atomic E-state index is 13.2. The van der Waals surface area contributed by atoms with Crippen LogP contribution in [0, 0.1) is 11.8 Å². The Hall–Kier alpha value is -3.95. The highest BCUT2D eigenvalue weighted by atomic mass is 16.2. The summed E-state index contributed by atoms with van der Waals surface area (Å²) in [6.07, 6.45) is 2.25. The van der Waals surface area contributed by atoms with E-state index in [4.69, 9.17) is 28.7 Å². The molecular weight excluding hydrogens is 534 g/mol. The minimum atomic E-state index is -1.06. The molecule has 4 amide bonds. The van der Waals surface area contributed by atoms with Crippen LogP contribution in [0.15, 0.2) is 9.98 Å². The number of guanidine groups is 2. The largest absolute Gasteiger partial charge is 0.370 e. The van der Waals surface area contributed by atoms with Gasteiger partial charge in [0.2, 0.25) is 23.6 Å². The first-order valence-electron chi connectivity index (χ1n) is 13.7. The molecule has 14 N–H and O–H groups in total. The average molecular weight is 584 g/mol. The normalized spacial score (nSPS) is 13.7. The summed E-state index contributed by atoms with van der Waals surface area (Å²) in [5.41, 5.74) is 27.2. The molecule has 0 saturated carbocycles. The number of aliphatic imine (C=N–C) groups is 2. The van der Waals surface area contributed by atoms with Gasteiger partial charge in [0.1, 0.15) is 18.4 Å². The minimum Gasteiger partial charge on any atom is -0.370 e. The summed E-state index contributed by atoms with van der Waals surface area (Å²) in [6, 6.07) is -3.60. The van der Waals surface area contributed by atoms with Crippen LogP contribution in [0.5, 0.6) is 0 Å². The lowest BCUT2D eigenvalue weighted by atomic mass is 10.00. The molecule has 16 nitrogen and oxygen atoms in total. The van der Waals surface area contributed by atoms with Gasteiger partial charge in [0.05, 0.1) is 18.6 Å². The second-order valence-electron chi connectivity index (χ2n) is 10.5. The lowest BCUT2D eigenvalue weighted by Crippen LogP contribution is -2.58. The number of hydrogen-bond acceptors (Lipinski definition) is 8. The van der Waals surface area contributed by atoms with E-state index in [-0.39, 0.29) is 36.7 Å². The van der Waals surface area contributed by atoms with Crippen LogP contribution in [-0.2, 0) is 24.0 Å². The standard InChI is InChI=1S/C25H49N11O5/c1-14(2)11-17(26)21(39)36-20(15(3)4)23(41)35-18(8-6-10-32-25(29)30)22(40)33-12-19(38)34-16(13-37)7-5-9-31-24(27)28/h13-18,20H,5-12,26H2,1-4H3,(H,33,40)(H,34,38)(H,35,41)(H,36,39)(H4,27,28,31)(H4,29,30,32)/t16-,17-,18-,20-/m0/s1. The van der Waals surface area contributed by atoms with Crippen molar-refractivity contribution in [2.45, 2.75) is 84.0 Å². The number of nitrogens with zero attached hydrogens (tertiary/aromatic N) is 2. The van der Waals surface area contributed by atoms with E-state index in [1.165, 1.54) is 0 Å². The van der Waals surface area contributed by atoms with Gasteiger partial charge in [-0.25, -0.2) is 0 Å². The van der Waals surface area contributed by atoms with E-state index >= 15 is 0 Å². The van der Waals surface area contributed by atoms with E-state index in [2.05, 4.69) is 31.3 Å². The monoisotopic (exact) mass is 583 g/mol. The summed E-state index contributed by atoms with van der Waals surface area (Å²) in [5, 5.41) is 10.3. The van der Waals surface area contributed by atoms with Crippen molar-refractivity contribution >= 4 is 41.8 Å². The first kappa shape index (κ1) is 37.0. The second kappa shape index (κ2) is 20.0. The van der Waals surface area contributed by atoms with Crippen LogP contribution in [0.4, 0.5) is 0 Å². The van der Waals surface area contributed by atoms with Crippen LogP contribution in [0.25, 0.3) is 0 Å². The van der Waals surface area contributed by atoms with Gasteiger partial charge in [-0.3, -0.25) is 29.2 Å². The Kier molecular flexibility index (Phi) is 18.1. The summed E-state index contributed by atoms with van der Waals surface area (Å²) in [5.74, 6) is -2.61. The Morgan fingerprint density at radius 1 is 0.780 bits per heavy atom. The van der Waals surface area contributed by atoms with Gasteiger partial charge >= 0.3 is 0 Å². The molecule has 0 fully saturated rings. The van der Waals surface area contributed by atoms with Crippen molar-refractivity contribution in [1.29, 1.82) is 0 Å². The molecular formula is C25H49N11O5. The molecule has 41 heavy (non-hydrogen) atoms. The number of carbonyl (C=O) groups excluding carboxylic acids is 5. The maximum atomic E-state index is 13.2. The smallest absolute Gasteiger partial charge is 0.243 e. The quantitative estimate of drug-likeness (QED) is 0.0301. The third kappa shape index (κ3) is 17.4. The van der Waals surface area contributed by atoms with Gasteiger partial charge < -0.3 is 54.7 Å². The molecule has 0 aromatic heterocycles. The summed E-state index contributed by atoms with van der Waals surface area (Å²) in [6.45, 7) is 7.42. The molecule has 4 atom stereocenters. The van der Waals surface area contributed by atoms with Gasteiger partial charge in [-0.15, -0.1) is 0 Å². The zero-order valence-corrected chi connectivity index (χ0v) is 24.5. The minimum absolute atomic E-state index is 0.0730. The third-order valence-electron chi connectivity index (χ3n) is 5.79. The highest BCUT2D eigenvalue weighted by molar-refractivity contribution is 5.94. The summed E-state index contributed by atoms with van der Waals surface area (Å²) in [4.78, 5) is 70.1.